The summed E-state index contributed by atoms with van der Waals surface area (Å²) in [6.45, 7) is 0.537. The van der Waals surface area contributed by atoms with Gasteiger partial charge in [0.15, 0.2) is 5.78 Å². The summed E-state index contributed by atoms with van der Waals surface area (Å²) < 4.78 is 14.1. The number of fused-ring (bicyclic) bond motifs is 1. The molecule has 4 rings (SSSR count). The molecule has 120 valence electrons. The number of benzene rings is 2. The molecule has 1 aromatic heterocycles. The average molecular weight is 358 g/mol. The number of anilines is 1. The quantitative estimate of drug-likeness (QED) is 0.646. The van der Waals surface area contributed by atoms with E-state index in [1.54, 1.807) is 12.1 Å². The van der Waals surface area contributed by atoms with Crippen LogP contribution < -0.4 is 5.32 Å². The number of thiophene rings is 1. The summed E-state index contributed by atoms with van der Waals surface area (Å²) in [5.41, 5.74) is 2.78. The second kappa shape index (κ2) is 6.04. The third-order valence-corrected chi connectivity index (χ3v) is 5.57. The molecule has 24 heavy (non-hydrogen) atoms. The van der Waals surface area contributed by atoms with Crippen LogP contribution >= 0.6 is 22.9 Å². The third-order valence-electron chi connectivity index (χ3n) is 4.21. The highest BCUT2D eigenvalue weighted by Crippen LogP contribution is 2.47. The van der Waals surface area contributed by atoms with Gasteiger partial charge in [0.1, 0.15) is 15.2 Å². The largest absolute Gasteiger partial charge is 0.375 e. The van der Waals surface area contributed by atoms with Crippen LogP contribution in [0.3, 0.4) is 0 Å². The molecule has 3 aromatic rings. The molecule has 0 radical (unpaired) electrons. The van der Waals surface area contributed by atoms with Gasteiger partial charge >= 0.3 is 0 Å². The van der Waals surface area contributed by atoms with E-state index in [0.29, 0.717) is 27.6 Å². The van der Waals surface area contributed by atoms with Gasteiger partial charge in [-0.3, -0.25) is 4.79 Å². The van der Waals surface area contributed by atoms with Crippen molar-refractivity contribution in [2.45, 2.75) is 5.92 Å². The van der Waals surface area contributed by atoms with Crippen molar-refractivity contribution >= 4 is 33.7 Å². The molecule has 0 saturated heterocycles. The van der Waals surface area contributed by atoms with Gasteiger partial charge in [0.25, 0.3) is 0 Å². The molecule has 0 spiro atoms. The predicted molar refractivity (Wildman–Crippen MR) is 96.7 cm³/mol. The average Bonchev–Trinajstić information content (AvgIpc) is 2.93. The standard InChI is InChI=1S/C19H13ClFNOS/c20-18-15(12-7-4-8-13(21)9-12)16-17(23)14(10-22-19(16)24-18)11-5-2-1-3-6-11/h1-9,14,22H,10H2. The lowest BCUT2D eigenvalue weighted by molar-refractivity contribution is 0.0961. The number of Topliss-reactive ketones (excluding diaryl/α,β-unsaturated/α-hetero) is 1. The molecule has 1 aliphatic heterocycles. The van der Waals surface area contributed by atoms with Crippen LogP contribution in [0.4, 0.5) is 9.39 Å². The Morgan fingerprint density at radius 1 is 1.08 bits per heavy atom. The lowest BCUT2D eigenvalue weighted by atomic mass is 9.86. The molecule has 2 aromatic carbocycles. The normalized spacial score (nSPS) is 16.6. The molecule has 0 amide bonds. The van der Waals surface area contributed by atoms with Gasteiger partial charge in [-0.25, -0.2) is 4.39 Å². The van der Waals surface area contributed by atoms with Crippen LogP contribution in [0.1, 0.15) is 21.8 Å². The van der Waals surface area contributed by atoms with Crippen molar-refractivity contribution in [1.29, 1.82) is 0 Å². The zero-order valence-corrected chi connectivity index (χ0v) is 14.1. The first kappa shape index (κ1) is 15.4. The van der Waals surface area contributed by atoms with E-state index in [0.717, 1.165) is 10.6 Å². The summed E-state index contributed by atoms with van der Waals surface area (Å²) >= 11 is 7.71. The lowest BCUT2D eigenvalue weighted by Crippen LogP contribution is -2.27. The Morgan fingerprint density at radius 3 is 2.62 bits per heavy atom. The molecule has 2 nitrogen and oxygen atoms in total. The molecule has 0 fully saturated rings. The van der Waals surface area contributed by atoms with Crippen molar-refractivity contribution in [2.24, 2.45) is 0 Å². The molecule has 0 bridgehead atoms. The van der Waals surface area contributed by atoms with Gasteiger partial charge in [-0.05, 0) is 23.3 Å². The van der Waals surface area contributed by atoms with Gasteiger partial charge in [0.05, 0.1) is 11.5 Å². The summed E-state index contributed by atoms with van der Waals surface area (Å²) in [5, 5.41) is 4.07. The molecule has 0 saturated carbocycles. The summed E-state index contributed by atoms with van der Waals surface area (Å²) in [7, 11) is 0. The molecular weight excluding hydrogens is 345 g/mol. The SMILES string of the molecule is O=C1c2c(sc(Cl)c2-c2cccc(F)c2)NCC1c1ccccc1. The van der Waals surface area contributed by atoms with E-state index >= 15 is 0 Å². The summed E-state index contributed by atoms with van der Waals surface area (Å²) in [5.74, 6) is -0.589. The fourth-order valence-electron chi connectivity index (χ4n) is 3.08. The Labute approximate surface area is 147 Å². The van der Waals surface area contributed by atoms with E-state index in [1.807, 2.05) is 30.3 Å². The first-order valence-electron chi connectivity index (χ1n) is 7.56. The Bertz CT molecular complexity index is 922. The number of hydrogen-bond donors (Lipinski definition) is 1. The predicted octanol–water partition coefficient (Wildman–Crippen LogP) is 5.60. The maximum absolute atomic E-state index is 13.6. The molecule has 2 heterocycles. The van der Waals surface area contributed by atoms with Crippen LogP contribution in [0.5, 0.6) is 0 Å². The second-order valence-corrected chi connectivity index (χ2v) is 7.30. The molecule has 1 atom stereocenters. The summed E-state index contributed by atoms with van der Waals surface area (Å²) in [6.07, 6.45) is 0. The van der Waals surface area contributed by atoms with E-state index in [2.05, 4.69) is 5.32 Å². The first-order chi connectivity index (χ1) is 11.6. The van der Waals surface area contributed by atoms with Crippen LogP contribution in [0.2, 0.25) is 4.34 Å². The van der Waals surface area contributed by atoms with Gasteiger partial charge in [0.2, 0.25) is 0 Å². The minimum atomic E-state index is -0.348. The van der Waals surface area contributed by atoms with Crippen molar-refractivity contribution in [3.05, 3.63) is 75.9 Å². The Balaban J connectivity index is 1.84. The highest BCUT2D eigenvalue weighted by Gasteiger charge is 2.34. The summed E-state index contributed by atoms with van der Waals surface area (Å²) in [6, 6.07) is 15.9. The number of carbonyl (C=O) groups excluding carboxylic acids is 1. The number of carbonyl (C=O) groups is 1. The van der Waals surface area contributed by atoms with Gasteiger partial charge in [-0.1, -0.05) is 54.1 Å². The molecule has 1 aliphatic rings. The lowest BCUT2D eigenvalue weighted by Gasteiger charge is -2.23. The van der Waals surface area contributed by atoms with Crippen LogP contribution in [0, 0.1) is 5.82 Å². The third kappa shape index (κ3) is 2.52. The number of nitrogens with one attached hydrogen (secondary N) is 1. The minimum Gasteiger partial charge on any atom is -0.375 e. The van der Waals surface area contributed by atoms with E-state index < -0.39 is 0 Å². The molecule has 1 N–H and O–H groups in total. The van der Waals surface area contributed by atoms with E-state index in [-0.39, 0.29) is 17.5 Å². The van der Waals surface area contributed by atoms with E-state index in [1.165, 1.54) is 23.5 Å². The van der Waals surface area contributed by atoms with Crippen LogP contribution in [0.15, 0.2) is 54.6 Å². The van der Waals surface area contributed by atoms with Crippen molar-refractivity contribution in [2.75, 3.05) is 11.9 Å². The van der Waals surface area contributed by atoms with Crippen LogP contribution in [-0.4, -0.2) is 12.3 Å². The Morgan fingerprint density at radius 2 is 1.88 bits per heavy atom. The van der Waals surface area contributed by atoms with Gasteiger partial charge in [-0.15, -0.1) is 11.3 Å². The summed E-state index contributed by atoms with van der Waals surface area (Å²) in [4.78, 5) is 13.1. The van der Waals surface area contributed by atoms with Crippen molar-refractivity contribution in [3.63, 3.8) is 0 Å². The minimum absolute atomic E-state index is 0.0253. The molecule has 1 unspecified atom stereocenters. The van der Waals surface area contributed by atoms with Gasteiger partial charge in [0, 0.05) is 12.1 Å². The maximum atomic E-state index is 13.6. The number of hydrogen-bond acceptors (Lipinski definition) is 3. The monoisotopic (exact) mass is 357 g/mol. The molecule has 5 heteroatoms. The highest BCUT2D eigenvalue weighted by atomic mass is 35.5. The van der Waals surface area contributed by atoms with Crippen LogP contribution in [0.25, 0.3) is 11.1 Å². The fraction of sp³-hybridized carbons (Fsp3) is 0.105. The van der Waals surface area contributed by atoms with Gasteiger partial charge in [-0.2, -0.15) is 0 Å². The topological polar surface area (TPSA) is 29.1 Å². The zero-order chi connectivity index (χ0) is 16.7. The Hall–Kier alpha value is -2.17. The van der Waals surface area contributed by atoms with Crippen molar-refractivity contribution in [1.82, 2.24) is 0 Å². The number of halogens is 2. The zero-order valence-electron chi connectivity index (χ0n) is 12.6. The second-order valence-electron chi connectivity index (χ2n) is 5.67. The van der Waals surface area contributed by atoms with Crippen molar-refractivity contribution < 1.29 is 9.18 Å². The first-order valence-corrected chi connectivity index (χ1v) is 8.76. The maximum Gasteiger partial charge on any atom is 0.175 e. The van der Waals surface area contributed by atoms with Crippen molar-refractivity contribution in [3.8, 4) is 11.1 Å². The number of ketones is 1. The molecular formula is C19H13ClFNOS. The van der Waals surface area contributed by atoms with Gasteiger partial charge < -0.3 is 5.32 Å². The molecule has 0 aliphatic carbocycles. The number of rotatable bonds is 2. The van der Waals surface area contributed by atoms with E-state index in [9.17, 15) is 9.18 Å². The van der Waals surface area contributed by atoms with Crippen LogP contribution in [-0.2, 0) is 0 Å². The highest BCUT2D eigenvalue weighted by molar-refractivity contribution is 7.21. The van der Waals surface area contributed by atoms with E-state index in [4.69, 9.17) is 11.6 Å². The Kier molecular flexibility index (Phi) is 3.87. The smallest absolute Gasteiger partial charge is 0.175 e. The fourth-order valence-corrected chi connectivity index (χ4v) is 4.48.